The largest absolute Gasteiger partial charge is 0.491 e. The first-order valence-electron chi connectivity index (χ1n) is 15.0. The number of hydrogen-bond donors (Lipinski definition) is 3. The Bertz CT molecular complexity index is 1530. The lowest BCUT2D eigenvalue weighted by Crippen LogP contribution is -2.46. The fourth-order valence-corrected chi connectivity index (χ4v) is 6.74. The standard InChI is InChI=1S/C32H37ClF3N5O4/c1-4-25-31(17-24(38-25)29(42)43)10-12-41(13-11-31)26-16-27(40-30(37)39-26)45-28(32(34,35)36)22-9-8-20(33)15-23(22)19-6-5-7-21(14-19)44-18(2)3/h5-9,14-16,18,24-25,28,38H,4,10-13,17H2,1-3H3,(H,42,43)(H2,37,39,40)/t24?,25?,28-/m1/s1. The number of rotatable bonds is 9. The number of nitrogens with two attached hydrogens (primary N) is 1. The zero-order valence-corrected chi connectivity index (χ0v) is 26.0. The van der Waals surface area contributed by atoms with E-state index in [-0.39, 0.29) is 45.5 Å². The molecule has 13 heteroatoms. The quantitative estimate of drug-likeness (QED) is 0.234. The molecule has 3 atom stereocenters. The van der Waals surface area contributed by atoms with Crippen molar-refractivity contribution in [2.75, 3.05) is 23.7 Å². The highest BCUT2D eigenvalue weighted by molar-refractivity contribution is 6.30. The molecular formula is C32H37ClF3N5O4. The van der Waals surface area contributed by atoms with Crippen LogP contribution >= 0.6 is 11.6 Å². The second-order valence-corrected chi connectivity index (χ2v) is 12.4. The molecule has 0 bridgehead atoms. The Balaban J connectivity index is 1.42. The Morgan fingerprint density at radius 1 is 1.16 bits per heavy atom. The van der Waals surface area contributed by atoms with E-state index in [2.05, 4.69) is 15.3 Å². The van der Waals surface area contributed by atoms with Crippen LogP contribution in [0.2, 0.25) is 5.02 Å². The molecular weight excluding hydrogens is 611 g/mol. The number of ether oxygens (including phenoxy) is 2. The lowest BCUT2D eigenvalue weighted by molar-refractivity contribution is -0.198. The summed E-state index contributed by atoms with van der Waals surface area (Å²) in [4.78, 5) is 21.9. The summed E-state index contributed by atoms with van der Waals surface area (Å²) in [6.07, 6.45) is -4.63. The van der Waals surface area contributed by atoms with Gasteiger partial charge in [-0.15, -0.1) is 0 Å². The molecule has 1 aromatic heterocycles. The molecule has 5 rings (SSSR count). The molecule has 2 aliphatic heterocycles. The van der Waals surface area contributed by atoms with Crippen LogP contribution in [0.4, 0.5) is 24.9 Å². The van der Waals surface area contributed by atoms with Gasteiger partial charge in [0.2, 0.25) is 17.9 Å². The molecule has 4 N–H and O–H groups in total. The molecule has 3 aromatic rings. The van der Waals surface area contributed by atoms with Crippen molar-refractivity contribution in [2.45, 2.75) is 76.9 Å². The number of carboxylic acids is 1. The van der Waals surface area contributed by atoms with E-state index >= 15 is 0 Å². The van der Waals surface area contributed by atoms with Crippen molar-refractivity contribution < 1.29 is 32.5 Å². The van der Waals surface area contributed by atoms with Gasteiger partial charge in [-0.1, -0.05) is 36.7 Å². The Morgan fingerprint density at radius 3 is 2.53 bits per heavy atom. The van der Waals surface area contributed by atoms with Crippen molar-refractivity contribution in [3.05, 3.63) is 59.1 Å². The van der Waals surface area contributed by atoms with Crippen LogP contribution in [-0.4, -0.2) is 58.5 Å². The summed E-state index contributed by atoms with van der Waals surface area (Å²) in [6.45, 7) is 6.80. The zero-order valence-electron chi connectivity index (χ0n) is 25.3. The van der Waals surface area contributed by atoms with E-state index in [1.165, 1.54) is 24.3 Å². The van der Waals surface area contributed by atoms with Crippen LogP contribution in [0.15, 0.2) is 48.5 Å². The first-order chi connectivity index (χ1) is 21.3. The van der Waals surface area contributed by atoms with Crippen LogP contribution < -0.4 is 25.4 Å². The second kappa shape index (κ2) is 12.9. The summed E-state index contributed by atoms with van der Waals surface area (Å²) in [7, 11) is 0. The summed E-state index contributed by atoms with van der Waals surface area (Å²) < 4.78 is 55.5. The molecule has 2 fully saturated rings. The molecule has 1 spiro atoms. The van der Waals surface area contributed by atoms with Crippen molar-refractivity contribution in [3.63, 3.8) is 0 Å². The molecule has 2 aliphatic rings. The molecule has 0 saturated carbocycles. The summed E-state index contributed by atoms with van der Waals surface area (Å²) in [6, 6.07) is 11.8. The number of hydrogen-bond acceptors (Lipinski definition) is 8. The maximum atomic E-state index is 14.7. The van der Waals surface area contributed by atoms with Gasteiger partial charge in [0.05, 0.1) is 6.10 Å². The molecule has 0 aliphatic carbocycles. The summed E-state index contributed by atoms with van der Waals surface area (Å²) in [5.41, 5.74) is 6.35. The van der Waals surface area contributed by atoms with E-state index in [4.69, 9.17) is 26.8 Å². The molecule has 45 heavy (non-hydrogen) atoms. The molecule has 9 nitrogen and oxygen atoms in total. The number of anilines is 2. The topological polar surface area (TPSA) is 123 Å². The van der Waals surface area contributed by atoms with Gasteiger partial charge in [0, 0.05) is 35.8 Å². The van der Waals surface area contributed by atoms with Crippen molar-refractivity contribution in [2.24, 2.45) is 5.41 Å². The van der Waals surface area contributed by atoms with Crippen molar-refractivity contribution >= 4 is 29.3 Å². The monoisotopic (exact) mass is 647 g/mol. The third kappa shape index (κ3) is 7.22. The van der Waals surface area contributed by atoms with Crippen LogP contribution in [0.3, 0.4) is 0 Å². The summed E-state index contributed by atoms with van der Waals surface area (Å²) in [5, 5.41) is 13.1. The zero-order chi connectivity index (χ0) is 32.5. The minimum atomic E-state index is -4.82. The Hall–Kier alpha value is -3.77. The number of alkyl halides is 3. The van der Waals surface area contributed by atoms with Gasteiger partial charge < -0.3 is 30.5 Å². The average molecular weight is 648 g/mol. The second-order valence-electron chi connectivity index (χ2n) is 12.0. The third-order valence-corrected chi connectivity index (χ3v) is 8.83. The van der Waals surface area contributed by atoms with E-state index < -0.39 is 24.3 Å². The first-order valence-corrected chi connectivity index (χ1v) is 15.3. The maximum absolute atomic E-state index is 14.7. The van der Waals surface area contributed by atoms with Crippen LogP contribution in [0, 0.1) is 5.41 Å². The van der Waals surface area contributed by atoms with E-state index in [1.54, 1.807) is 24.3 Å². The van der Waals surface area contributed by atoms with Gasteiger partial charge in [0.1, 0.15) is 17.6 Å². The van der Waals surface area contributed by atoms with Crippen LogP contribution in [0.1, 0.15) is 58.1 Å². The number of aromatic nitrogens is 2. The predicted octanol–water partition coefficient (Wildman–Crippen LogP) is 6.66. The van der Waals surface area contributed by atoms with Crippen molar-refractivity contribution in [1.82, 2.24) is 15.3 Å². The SMILES string of the molecule is CCC1NC(C(=O)O)CC12CCN(c1cc(O[C@H](c3ccc(Cl)cc3-c3cccc(OC(C)C)c3)C(F)(F)F)nc(N)n1)CC2. The van der Waals surface area contributed by atoms with E-state index in [1.807, 2.05) is 25.7 Å². The van der Waals surface area contributed by atoms with E-state index in [0.717, 1.165) is 6.42 Å². The van der Waals surface area contributed by atoms with Crippen LogP contribution in [0.25, 0.3) is 11.1 Å². The van der Waals surface area contributed by atoms with Gasteiger partial charge in [-0.2, -0.15) is 23.1 Å². The lowest BCUT2D eigenvalue weighted by atomic mass is 9.71. The Morgan fingerprint density at radius 2 is 1.89 bits per heavy atom. The molecule has 0 radical (unpaired) electrons. The number of carboxylic acid groups (broad SMARTS) is 1. The van der Waals surface area contributed by atoms with Crippen molar-refractivity contribution in [1.29, 1.82) is 0 Å². The fraction of sp³-hybridized carbons (Fsp3) is 0.469. The average Bonchev–Trinajstić information content (AvgIpc) is 3.33. The Labute approximate surface area is 264 Å². The first kappa shape index (κ1) is 32.6. The minimum absolute atomic E-state index is 0.0638. The van der Waals surface area contributed by atoms with Gasteiger partial charge in [0.25, 0.3) is 0 Å². The molecule has 2 saturated heterocycles. The number of nitrogens with zero attached hydrogens (tertiary/aromatic N) is 3. The summed E-state index contributed by atoms with van der Waals surface area (Å²) >= 11 is 6.26. The highest BCUT2D eigenvalue weighted by atomic mass is 35.5. The predicted molar refractivity (Wildman–Crippen MR) is 166 cm³/mol. The highest BCUT2D eigenvalue weighted by Crippen LogP contribution is 2.46. The van der Waals surface area contributed by atoms with Crippen LogP contribution in [-0.2, 0) is 4.79 Å². The van der Waals surface area contributed by atoms with E-state index in [9.17, 15) is 23.1 Å². The third-order valence-electron chi connectivity index (χ3n) is 8.60. The normalized spacial score (nSPS) is 20.4. The lowest BCUT2D eigenvalue weighted by Gasteiger charge is -2.43. The molecule has 242 valence electrons. The summed E-state index contributed by atoms with van der Waals surface area (Å²) in [5.74, 6) is -0.558. The number of benzene rings is 2. The molecule has 3 heterocycles. The number of nitrogens with one attached hydrogen (secondary N) is 1. The van der Waals surface area contributed by atoms with Crippen LogP contribution in [0.5, 0.6) is 11.6 Å². The van der Waals surface area contributed by atoms with Gasteiger partial charge in [0.15, 0.2) is 0 Å². The van der Waals surface area contributed by atoms with Gasteiger partial charge >= 0.3 is 12.1 Å². The van der Waals surface area contributed by atoms with Gasteiger partial charge in [-0.25, -0.2) is 0 Å². The number of piperidine rings is 1. The fourth-order valence-electron chi connectivity index (χ4n) is 6.57. The number of halogens is 4. The van der Waals surface area contributed by atoms with E-state index in [0.29, 0.717) is 49.5 Å². The number of nitrogen functional groups attached to an aromatic ring is 1. The number of aliphatic carboxylic acids is 1. The van der Waals surface area contributed by atoms with Gasteiger partial charge in [-0.05, 0) is 80.3 Å². The van der Waals surface area contributed by atoms with Gasteiger partial charge in [-0.3, -0.25) is 4.79 Å². The van der Waals surface area contributed by atoms with Crippen molar-refractivity contribution in [3.8, 4) is 22.8 Å². The smallest absolute Gasteiger partial charge is 0.429 e. The molecule has 0 amide bonds. The highest BCUT2D eigenvalue weighted by Gasteiger charge is 2.50. The Kier molecular flexibility index (Phi) is 9.36. The molecule has 2 aromatic carbocycles. The minimum Gasteiger partial charge on any atom is -0.491 e. The number of carbonyl (C=O) groups is 1. The maximum Gasteiger partial charge on any atom is 0.429 e. The molecule has 2 unspecified atom stereocenters.